The van der Waals surface area contributed by atoms with E-state index in [1.165, 1.54) is 18.4 Å². The first-order valence-corrected chi connectivity index (χ1v) is 10.7. The smallest absolute Gasteiger partial charge is 0.273 e. The molecule has 0 bridgehead atoms. The molecule has 1 heterocycles. The van der Waals surface area contributed by atoms with E-state index in [0.717, 1.165) is 6.42 Å². The van der Waals surface area contributed by atoms with Crippen molar-refractivity contribution in [3.63, 3.8) is 0 Å². The predicted octanol–water partition coefficient (Wildman–Crippen LogP) is 5.32. The van der Waals surface area contributed by atoms with Crippen molar-refractivity contribution in [2.24, 2.45) is 11.8 Å². The molecule has 1 unspecified atom stereocenters. The minimum Gasteiger partial charge on any atom is -0.314 e. The van der Waals surface area contributed by atoms with Crippen molar-refractivity contribution >= 4 is 7.52 Å². The topological polar surface area (TPSA) is 29.5 Å². The molecule has 1 aliphatic carbocycles. The molecule has 2 aliphatic rings. The molecule has 0 amide bonds. The average molecular weight is 335 g/mol. The van der Waals surface area contributed by atoms with E-state index >= 15 is 0 Å². The highest BCUT2D eigenvalue weighted by molar-refractivity contribution is 7.56. The van der Waals surface area contributed by atoms with Crippen molar-refractivity contribution < 1.29 is 9.09 Å². The molecular weight excluding hydrogens is 305 g/mol. The van der Waals surface area contributed by atoms with Gasteiger partial charge >= 0.3 is 0 Å². The molecule has 23 heavy (non-hydrogen) atoms. The normalized spacial score (nSPS) is 37.3. The van der Waals surface area contributed by atoms with Crippen molar-refractivity contribution in [1.29, 1.82) is 0 Å². The van der Waals surface area contributed by atoms with Crippen molar-refractivity contribution in [2.45, 2.75) is 65.1 Å². The average Bonchev–Trinajstić information content (AvgIpc) is 2.52. The van der Waals surface area contributed by atoms with E-state index in [2.05, 4.69) is 49.7 Å². The maximum absolute atomic E-state index is 13.6. The van der Waals surface area contributed by atoms with Crippen LogP contribution in [0.15, 0.2) is 30.3 Å². The van der Waals surface area contributed by atoms with Gasteiger partial charge in [0.15, 0.2) is 0 Å². The number of benzene rings is 1. The van der Waals surface area contributed by atoms with Gasteiger partial charge in [0.05, 0.1) is 6.10 Å². The van der Waals surface area contributed by atoms with Crippen LogP contribution in [-0.4, -0.2) is 22.5 Å². The third-order valence-corrected chi connectivity index (χ3v) is 8.66. The van der Waals surface area contributed by atoms with Crippen LogP contribution >= 0.6 is 7.52 Å². The van der Waals surface area contributed by atoms with Gasteiger partial charge < -0.3 is 4.52 Å². The third kappa shape index (κ3) is 3.16. The molecule has 1 aromatic carbocycles. The van der Waals surface area contributed by atoms with Gasteiger partial charge in [-0.2, -0.15) is 0 Å². The van der Waals surface area contributed by atoms with Gasteiger partial charge in [-0.15, -0.1) is 0 Å². The van der Waals surface area contributed by atoms with Crippen molar-refractivity contribution in [3.05, 3.63) is 35.9 Å². The van der Waals surface area contributed by atoms with Gasteiger partial charge in [-0.05, 0) is 38.2 Å². The summed E-state index contributed by atoms with van der Waals surface area (Å²) in [7, 11) is -2.77. The molecule has 0 spiro atoms. The Morgan fingerprint density at radius 1 is 1.26 bits per heavy atom. The van der Waals surface area contributed by atoms with Gasteiger partial charge in [-0.1, -0.05) is 50.6 Å². The Kier molecular flexibility index (Phi) is 4.75. The van der Waals surface area contributed by atoms with E-state index in [0.29, 0.717) is 24.5 Å². The SMILES string of the molecule is CCP1(=O)O[C@@H]2C[C@H](C)CC[C@H]2C(C)(C)N1Cc1ccccc1. The standard InChI is InChI=1S/C19H30NO2P/c1-5-23(21)20(14-16-9-7-6-8-10-16)19(3,4)17-12-11-15(2)13-18(17)22-23/h6-10,15,17-18H,5,11-14H2,1-4H3/t15-,17-,18-,23?/m1/s1. The van der Waals surface area contributed by atoms with Crippen LogP contribution in [0.5, 0.6) is 0 Å². The predicted molar refractivity (Wildman–Crippen MR) is 95.6 cm³/mol. The largest absolute Gasteiger partial charge is 0.314 e. The lowest BCUT2D eigenvalue weighted by Crippen LogP contribution is -2.57. The summed E-state index contributed by atoms with van der Waals surface area (Å²) in [4.78, 5) is 0. The quantitative estimate of drug-likeness (QED) is 0.701. The van der Waals surface area contributed by atoms with Crippen LogP contribution in [0.4, 0.5) is 0 Å². The summed E-state index contributed by atoms with van der Waals surface area (Å²) in [5.74, 6) is 1.15. The summed E-state index contributed by atoms with van der Waals surface area (Å²) in [6, 6.07) is 10.4. The van der Waals surface area contributed by atoms with Crippen LogP contribution in [0.3, 0.4) is 0 Å². The lowest BCUT2D eigenvalue weighted by atomic mass is 9.71. The molecule has 128 valence electrons. The number of hydrogen-bond acceptors (Lipinski definition) is 2. The number of nitrogens with zero attached hydrogens (tertiary/aromatic N) is 1. The summed E-state index contributed by atoms with van der Waals surface area (Å²) < 4.78 is 22.1. The lowest BCUT2D eigenvalue weighted by molar-refractivity contribution is -0.0503. The van der Waals surface area contributed by atoms with Crippen molar-refractivity contribution in [1.82, 2.24) is 4.67 Å². The molecule has 0 N–H and O–H groups in total. The molecule has 3 rings (SSSR count). The summed E-state index contributed by atoms with van der Waals surface area (Å²) in [6.45, 7) is 9.54. The first-order valence-electron chi connectivity index (χ1n) is 8.96. The van der Waals surface area contributed by atoms with Crippen LogP contribution in [0, 0.1) is 11.8 Å². The molecule has 0 radical (unpaired) electrons. The fourth-order valence-corrected chi connectivity index (χ4v) is 6.99. The molecule has 1 saturated heterocycles. The summed E-state index contributed by atoms with van der Waals surface area (Å²) >= 11 is 0. The molecule has 2 fully saturated rings. The zero-order valence-corrected chi connectivity index (χ0v) is 15.8. The number of rotatable bonds is 3. The minimum atomic E-state index is -2.77. The highest BCUT2D eigenvalue weighted by atomic mass is 31.2. The summed E-state index contributed by atoms with van der Waals surface area (Å²) in [5.41, 5.74) is 1.12. The fraction of sp³-hybridized carbons (Fsp3) is 0.684. The Hall–Kier alpha value is -0.630. The molecule has 1 aromatic rings. The molecule has 1 aliphatic heterocycles. The zero-order valence-electron chi connectivity index (χ0n) is 14.9. The zero-order chi connectivity index (χ0) is 16.7. The number of hydrogen-bond donors (Lipinski definition) is 0. The second kappa shape index (κ2) is 6.35. The fourth-order valence-electron chi connectivity index (χ4n) is 4.42. The second-order valence-electron chi connectivity index (χ2n) is 7.82. The Labute approximate surface area is 140 Å². The molecule has 4 atom stereocenters. The minimum absolute atomic E-state index is 0.0928. The van der Waals surface area contributed by atoms with Gasteiger partial charge in [0, 0.05) is 24.2 Å². The molecule has 1 saturated carbocycles. The third-order valence-electron chi connectivity index (χ3n) is 5.87. The van der Waals surface area contributed by atoms with E-state index in [4.69, 9.17) is 4.52 Å². The summed E-state index contributed by atoms with van der Waals surface area (Å²) in [5, 5.41) is 0. The second-order valence-corrected chi connectivity index (χ2v) is 10.4. The lowest BCUT2D eigenvalue weighted by Gasteiger charge is -2.56. The monoisotopic (exact) mass is 335 g/mol. The van der Waals surface area contributed by atoms with Crippen LogP contribution in [-0.2, 0) is 15.6 Å². The molecule has 4 heteroatoms. The van der Waals surface area contributed by atoms with E-state index in [1.54, 1.807) is 0 Å². The first kappa shape index (κ1) is 17.2. The Balaban J connectivity index is 1.93. The van der Waals surface area contributed by atoms with E-state index < -0.39 is 7.52 Å². The van der Waals surface area contributed by atoms with Crippen molar-refractivity contribution in [3.8, 4) is 0 Å². The first-order chi connectivity index (χ1) is 10.9. The Morgan fingerprint density at radius 3 is 2.61 bits per heavy atom. The van der Waals surface area contributed by atoms with Crippen LogP contribution in [0.25, 0.3) is 0 Å². The van der Waals surface area contributed by atoms with E-state index in [1.807, 2.05) is 13.0 Å². The van der Waals surface area contributed by atoms with Gasteiger partial charge in [0.25, 0.3) is 7.52 Å². The van der Waals surface area contributed by atoms with Crippen LogP contribution < -0.4 is 0 Å². The van der Waals surface area contributed by atoms with Gasteiger partial charge in [-0.25, -0.2) is 4.67 Å². The van der Waals surface area contributed by atoms with Gasteiger partial charge in [0.2, 0.25) is 0 Å². The highest BCUT2D eigenvalue weighted by Crippen LogP contribution is 2.64. The van der Waals surface area contributed by atoms with Crippen LogP contribution in [0.2, 0.25) is 0 Å². The Morgan fingerprint density at radius 2 is 1.96 bits per heavy atom. The Bertz CT molecular complexity index is 586. The summed E-state index contributed by atoms with van der Waals surface area (Å²) in [6.07, 6.45) is 4.22. The van der Waals surface area contributed by atoms with Crippen LogP contribution in [0.1, 0.15) is 52.5 Å². The maximum Gasteiger partial charge on any atom is 0.273 e. The molecular formula is C19H30NO2P. The van der Waals surface area contributed by atoms with E-state index in [9.17, 15) is 4.57 Å². The van der Waals surface area contributed by atoms with Crippen molar-refractivity contribution in [2.75, 3.05) is 6.16 Å². The number of fused-ring (bicyclic) bond motifs is 1. The molecule has 0 aromatic heterocycles. The maximum atomic E-state index is 13.6. The highest BCUT2D eigenvalue weighted by Gasteiger charge is 2.54. The molecule has 3 nitrogen and oxygen atoms in total. The van der Waals surface area contributed by atoms with Gasteiger partial charge in [0.1, 0.15) is 0 Å². The van der Waals surface area contributed by atoms with E-state index in [-0.39, 0.29) is 11.6 Å². The van der Waals surface area contributed by atoms with Gasteiger partial charge in [-0.3, -0.25) is 4.57 Å².